The third kappa shape index (κ3) is 4.19. The van der Waals surface area contributed by atoms with Crippen molar-refractivity contribution in [3.8, 4) is 0 Å². The van der Waals surface area contributed by atoms with E-state index in [4.69, 9.17) is 0 Å². The lowest BCUT2D eigenvalue weighted by atomic mass is 9.96. The van der Waals surface area contributed by atoms with Gasteiger partial charge < -0.3 is 9.80 Å². The monoisotopic (exact) mass is 331 g/mol. The van der Waals surface area contributed by atoms with Crippen molar-refractivity contribution in [3.05, 3.63) is 0 Å². The maximum absolute atomic E-state index is 12.6. The van der Waals surface area contributed by atoms with E-state index in [0.29, 0.717) is 52.1 Å². The van der Waals surface area contributed by atoms with E-state index in [1.165, 1.54) is 10.6 Å². The van der Waals surface area contributed by atoms with Crippen LogP contribution in [0.3, 0.4) is 0 Å². The topological polar surface area (TPSA) is 78.0 Å². The van der Waals surface area contributed by atoms with E-state index in [1.54, 1.807) is 11.8 Å². The Kier molecular flexibility index (Phi) is 5.44. The molecule has 7 nitrogen and oxygen atoms in total. The van der Waals surface area contributed by atoms with Crippen LogP contribution in [0.2, 0.25) is 0 Å². The molecule has 0 bridgehead atoms. The highest BCUT2D eigenvalue weighted by atomic mass is 32.2. The molecule has 0 atom stereocenters. The van der Waals surface area contributed by atoms with Gasteiger partial charge in [0.2, 0.25) is 21.8 Å². The van der Waals surface area contributed by atoms with Crippen molar-refractivity contribution >= 4 is 21.8 Å². The number of hydrogen-bond donors (Lipinski definition) is 0. The summed E-state index contributed by atoms with van der Waals surface area (Å²) in [4.78, 5) is 27.6. The molecule has 0 N–H and O–H groups in total. The van der Waals surface area contributed by atoms with Crippen LogP contribution in [-0.4, -0.2) is 79.9 Å². The van der Waals surface area contributed by atoms with Gasteiger partial charge in [0.05, 0.1) is 6.26 Å². The molecule has 2 rings (SSSR count). The Balaban J connectivity index is 1.89. The number of piperidine rings is 1. The van der Waals surface area contributed by atoms with Gasteiger partial charge in [0.1, 0.15) is 0 Å². The van der Waals surface area contributed by atoms with Crippen LogP contribution in [0.25, 0.3) is 0 Å². The van der Waals surface area contributed by atoms with Gasteiger partial charge in [0, 0.05) is 52.1 Å². The summed E-state index contributed by atoms with van der Waals surface area (Å²) in [5.41, 5.74) is 0. The first-order valence-electron chi connectivity index (χ1n) is 7.78. The van der Waals surface area contributed by atoms with E-state index in [9.17, 15) is 18.0 Å². The van der Waals surface area contributed by atoms with Gasteiger partial charge in [-0.15, -0.1) is 0 Å². The lowest BCUT2D eigenvalue weighted by molar-refractivity contribution is -0.137. The minimum atomic E-state index is -3.16. The Morgan fingerprint density at radius 3 is 2.00 bits per heavy atom. The lowest BCUT2D eigenvalue weighted by Crippen LogP contribution is -2.45. The van der Waals surface area contributed by atoms with Crippen LogP contribution in [0.1, 0.15) is 26.2 Å². The van der Waals surface area contributed by atoms with E-state index in [2.05, 4.69) is 0 Å². The SMILES string of the molecule is CC(=O)N1CCCN(C(=O)C2CCN(S(C)(=O)=O)CC2)CC1. The normalized spacial score (nSPS) is 22.5. The minimum Gasteiger partial charge on any atom is -0.341 e. The van der Waals surface area contributed by atoms with Crippen LogP contribution >= 0.6 is 0 Å². The van der Waals surface area contributed by atoms with Crippen molar-refractivity contribution in [2.45, 2.75) is 26.2 Å². The Labute approximate surface area is 132 Å². The maximum atomic E-state index is 12.6. The molecule has 0 aromatic heterocycles. The van der Waals surface area contributed by atoms with E-state index >= 15 is 0 Å². The Hall–Kier alpha value is -1.15. The van der Waals surface area contributed by atoms with Crippen molar-refractivity contribution in [1.82, 2.24) is 14.1 Å². The number of amides is 2. The number of rotatable bonds is 2. The van der Waals surface area contributed by atoms with Gasteiger partial charge in [0.25, 0.3) is 0 Å². The number of carbonyl (C=O) groups is 2. The quantitative estimate of drug-likeness (QED) is 0.698. The van der Waals surface area contributed by atoms with Gasteiger partial charge in [-0.05, 0) is 19.3 Å². The third-order valence-electron chi connectivity index (χ3n) is 4.53. The summed E-state index contributed by atoms with van der Waals surface area (Å²) >= 11 is 0. The summed E-state index contributed by atoms with van der Waals surface area (Å²) in [6.45, 7) is 4.93. The zero-order chi connectivity index (χ0) is 16.3. The fraction of sp³-hybridized carbons (Fsp3) is 0.857. The van der Waals surface area contributed by atoms with Gasteiger partial charge in [-0.1, -0.05) is 0 Å². The van der Waals surface area contributed by atoms with Crippen molar-refractivity contribution in [2.24, 2.45) is 5.92 Å². The summed E-state index contributed by atoms with van der Waals surface area (Å²) in [6.07, 6.45) is 3.17. The Morgan fingerprint density at radius 1 is 0.909 bits per heavy atom. The fourth-order valence-corrected chi connectivity index (χ4v) is 4.02. The van der Waals surface area contributed by atoms with Crippen LogP contribution < -0.4 is 0 Å². The highest BCUT2D eigenvalue weighted by Gasteiger charge is 2.32. The molecule has 2 fully saturated rings. The van der Waals surface area contributed by atoms with Crippen LogP contribution in [-0.2, 0) is 19.6 Å². The number of hydrogen-bond acceptors (Lipinski definition) is 4. The van der Waals surface area contributed by atoms with Gasteiger partial charge >= 0.3 is 0 Å². The first-order valence-corrected chi connectivity index (χ1v) is 9.63. The highest BCUT2D eigenvalue weighted by molar-refractivity contribution is 7.88. The molecule has 2 saturated heterocycles. The molecule has 126 valence electrons. The molecule has 0 aromatic carbocycles. The van der Waals surface area contributed by atoms with Gasteiger partial charge in [-0.2, -0.15) is 0 Å². The van der Waals surface area contributed by atoms with Gasteiger partial charge in [-0.3, -0.25) is 9.59 Å². The van der Waals surface area contributed by atoms with E-state index in [1.807, 2.05) is 4.90 Å². The zero-order valence-electron chi connectivity index (χ0n) is 13.3. The second-order valence-electron chi connectivity index (χ2n) is 6.12. The molecule has 2 amide bonds. The average molecular weight is 331 g/mol. The first kappa shape index (κ1) is 17.2. The molecule has 2 aliphatic heterocycles. The standard InChI is InChI=1S/C14H25N3O4S/c1-12(18)15-6-3-7-16(11-10-15)14(19)13-4-8-17(9-5-13)22(2,20)21/h13H,3-11H2,1-2H3. The van der Waals surface area contributed by atoms with Crippen LogP contribution in [0.15, 0.2) is 0 Å². The van der Waals surface area contributed by atoms with E-state index in [0.717, 1.165) is 6.42 Å². The summed E-state index contributed by atoms with van der Waals surface area (Å²) < 4.78 is 24.4. The molecular weight excluding hydrogens is 306 g/mol. The smallest absolute Gasteiger partial charge is 0.225 e. The largest absolute Gasteiger partial charge is 0.341 e. The Morgan fingerprint density at radius 2 is 1.45 bits per heavy atom. The number of sulfonamides is 1. The predicted molar refractivity (Wildman–Crippen MR) is 82.6 cm³/mol. The highest BCUT2D eigenvalue weighted by Crippen LogP contribution is 2.22. The Bertz CT molecular complexity index is 526. The molecule has 0 saturated carbocycles. The van der Waals surface area contributed by atoms with Crippen molar-refractivity contribution in [1.29, 1.82) is 0 Å². The van der Waals surface area contributed by atoms with Crippen molar-refractivity contribution in [2.75, 3.05) is 45.5 Å². The zero-order valence-corrected chi connectivity index (χ0v) is 14.1. The molecule has 0 radical (unpaired) electrons. The van der Waals surface area contributed by atoms with E-state index in [-0.39, 0.29) is 17.7 Å². The maximum Gasteiger partial charge on any atom is 0.225 e. The summed E-state index contributed by atoms with van der Waals surface area (Å²) in [5.74, 6) is 0.0659. The van der Waals surface area contributed by atoms with Gasteiger partial charge in [-0.25, -0.2) is 12.7 Å². The van der Waals surface area contributed by atoms with Gasteiger partial charge in [0.15, 0.2) is 0 Å². The van der Waals surface area contributed by atoms with Crippen molar-refractivity contribution in [3.63, 3.8) is 0 Å². The molecule has 2 heterocycles. The second kappa shape index (κ2) is 6.95. The molecule has 8 heteroatoms. The molecule has 2 aliphatic rings. The van der Waals surface area contributed by atoms with Crippen LogP contribution in [0, 0.1) is 5.92 Å². The van der Waals surface area contributed by atoms with E-state index < -0.39 is 10.0 Å². The number of carbonyl (C=O) groups excluding carboxylic acids is 2. The van der Waals surface area contributed by atoms with Crippen LogP contribution in [0.5, 0.6) is 0 Å². The molecule has 0 aromatic rings. The summed E-state index contributed by atoms with van der Waals surface area (Å²) in [7, 11) is -3.16. The minimum absolute atomic E-state index is 0.0516. The second-order valence-corrected chi connectivity index (χ2v) is 8.10. The summed E-state index contributed by atoms with van der Waals surface area (Å²) in [6, 6.07) is 0. The van der Waals surface area contributed by atoms with Crippen LogP contribution in [0.4, 0.5) is 0 Å². The summed E-state index contributed by atoms with van der Waals surface area (Å²) in [5, 5.41) is 0. The third-order valence-corrected chi connectivity index (χ3v) is 5.83. The predicted octanol–water partition coefficient (Wildman–Crippen LogP) is -0.261. The lowest BCUT2D eigenvalue weighted by Gasteiger charge is -2.32. The average Bonchev–Trinajstić information content (AvgIpc) is 2.71. The molecule has 0 unspecified atom stereocenters. The molecular formula is C14H25N3O4S. The first-order chi connectivity index (χ1) is 10.3. The molecule has 22 heavy (non-hydrogen) atoms. The number of nitrogens with zero attached hydrogens (tertiary/aromatic N) is 3. The molecule has 0 aliphatic carbocycles. The molecule has 0 spiro atoms. The van der Waals surface area contributed by atoms with Crippen molar-refractivity contribution < 1.29 is 18.0 Å². The fourth-order valence-electron chi connectivity index (χ4n) is 3.15.